The highest BCUT2D eigenvalue weighted by molar-refractivity contribution is 5.98. The molecule has 7 atom stereocenters. The Kier molecular flexibility index (Phi) is 25.8. The molecule has 2 aromatic carbocycles. The number of aromatic nitrogens is 1. The highest BCUT2D eigenvalue weighted by Gasteiger charge is 2.35. The SMILES string of the molecule is CC(=O)N[C@@H](CCCNC(=N)N)C(=O)N[C@H]1CCC(=O)NCCCC[C@@H](C(=O)O)NC(=O)[C@H](Cc2c[nH]c3ccccc23)NC(=O)[C@H](CCCNC(=N)N)NC(=O)[C@@H](Cc2ccccc2)NC(=O)[C@H](CCCNC(N)=O)NC1=O. The monoisotopic (exact) mass is 1100 g/mol. The van der Waals surface area contributed by atoms with Crippen LogP contribution in [0.3, 0.4) is 0 Å². The number of hydrogen-bond acceptors (Lipinski definition) is 12. The van der Waals surface area contributed by atoms with Gasteiger partial charge in [0.25, 0.3) is 0 Å². The van der Waals surface area contributed by atoms with Crippen molar-refractivity contribution >= 4 is 82.1 Å². The summed E-state index contributed by atoms with van der Waals surface area (Å²) in [6.07, 6.45) is 1.21. The Morgan fingerprint density at radius 1 is 0.671 bits per heavy atom. The topological polar surface area (TPSA) is 465 Å². The Labute approximate surface area is 456 Å². The molecule has 21 N–H and O–H groups in total. The van der Waals surface area contributed by atoms with Crippen LogP contribution in [0.25, 0.3) is 10.9 Å². The van der Waals surface area contributed by atoms with Crippen molar-refractivity contribution in [2.24, 2.45) is 17.2 Å². The molecule has 2 heterocycles. The van der Waals surface area contributed by atoms with E-state index >= 15 is 0 Å². The van der Waals surface area contributed by atoms with E-state index in [1.165, 1.54) is 6.92 Å². The van der Waals surface area contributed by atoms with Gasteiger partial charge in [0.05, 0.1) is 0 Å². The number of para-hydroxylation sites is 1. The summed E-state index contributed by atoms with van der Waals surface area (Å²) in [5.41, 5.74) is 18.1. The van der Waals surface area contributed by atoms with Crippen LogP contribution in [-0.4, -0.2) is 150 Å². The number of urea groups is 1. The minimum absolute atomic E-state index is 0.0269. The fourth-order valence-corrected chi connectivity index (χ4v) is 8.64. The minimum Gasteiger partial charge on any atom is -0.480 e. The number of aliphatic carboxylic acids is 1. The number of carbonyl (C=O) groups is 10. The lowest BCUT2D eigenvalue weighted by Crippen LogP contribution is -2.60. The first-order valence-electron chi connectivity index (χ1n) is 26.1. The third kappa shape index (κ3) is 22.6. The highest BCUT2D eigenvalue weighted by atomic mass is 16.4. The predicted molar refractivity (Wildman–Crippen MR) is 290 cm³/mol. The molecule has 79 heavy (non-hydrogen) atoms. The lowest BCUT2D eigenvalue weighted by Gasteiger charge is -2.28. The first-order chi connectivity index (χ1) is 37.7. The summed E-state index contributed by atoms with van der Waals surface area (Å²) >= 11 is 0. The molecule has 1 aliphatic rings. The second kappa shape index (κ2) is 32.6. The largest absolute Gasteiger partial charge is 0.480 e. The molecule has 1 fully saturated rings. The van der Waals surface area contributed by atoms with Crippen molar-refractivity contribution in [2.45, 2.75) is 133 Å². The summed E-state index contributed by atoms with van der Waals surface area (Å²) in [6, 6.07) is 4.93. The molecular formula is C51H75N17O11. The van der Waals surface area contributed by atoms with Gasteiger partial charge >= 0.3 is 12.0 Å². The molecule has 1 aliphatic heterocycles. The van der Waals surface area contributed by atoms with E-state index in [4.69, 9.17) is 28.0 Å². The first kappa shape index (κ1) is 62.6. The zero-order chi connectivity index (χ0) is 57.9. The van der Waals surface area contributed by atoms with Crippen molar-refractivity contribution in [3.05, 3.63) is 71.9 Å². The number of carboxylic acids is 1. The summed E-state index contributed by atoms with van der Waals surface area (Å²) in [4.78, 5) is 139. The summed E-state index contributed by atoms with van der Waals surface area (Å²) in [5, 5.41) is 54.9. The molecular weight excluding hydrogens is 1030 g/mol. The summed E-state index contributed by atoms with van der Waals surface area (Å²) < 4.78 is 0. The smallest absolute Gasteiger partial charge is 0.326 e. The number of primary amides is 1. The van der Waals surface area contributed by atoms with Gasteiger partial charge in [0, 0.05) is 69.5 Å². The molecule has 28 heteroatoms. The second-order valence-corrected chi connectivity index (χ2v) is 19.0. The van der Waals surface area contributed by atoms with Gasteiger partial charge in [-0.25, -0.2) is 9.59 Å². The van der Waals surface area contributed by atoms with E-state index in [-0.39, 0.29) is 122 Å². The van der Waals surface area contributed by atoms with E-state index in [2.05, 4.69) is 63.5 Å². The Morgan fingerprint density at radius 3 is 1.85 bits per heavy atom. The minimum atomic E-state index is -1.52. The summed E-state index contributed by atoms with van der Waals surface area (Å²) in [5.74, 6) is -8.44. The van der Waals surface area contributed by atoms with E-state index < -0.39 is 102 Å². The molecule has 0 unspecified atom stereocenters. The van der Waals surface area contributed by atoms with Crippen molar-refractivity contribution < 1.29 is 53.1 Å². The summed E-state index contributed by atoms with van der Waals surface area (Å²) in [6.45, 7) is 1.43. The van der Waals surface area contributed by atoms with E-state index in [9.17, 15) is 53.1 Å². The summed E-state index contributed by atoms with van der Waals surface area (Å²) in [7, 11) is 0. The van der Waals surface area contributed by atoms with Gasteiger partial charge in [-0.05, 0) is 81.4 Å². The van der Waals surface area contributed by atoms with E-state index in [0.717, 1.165) is 10.9 Å². The normalized spacial score (nSPS) is 20.7. The van der Waals surface area contributed by atoms with Gasteiger partial charge in [0.15, 0.2) is 11.9 Å². The van der Waals surface area contributed by atoms with Gasteiger partial charge in [-0.3, -0.25) is 49.2 Å². The lowest BCUT2D eigenvalue weighted by atomic mass is 10.0. The van der Waals surface area contributed by atoms with Gasteiger partial charge in [-0.2, -0.15) is 0 Å². The van der Waals surface area contributed by atoms with Crippen LogP contribution in [-0.2, 0) is 56.0 Å². The average Bonchev–Trinajstić information content (AvgIpc) is 3.82. The zero-order valence-electron chi connectivity index (χ0n) is 44.1. The number of carboxylic acid groups (broad SMARTS) is 1. The third-order valence-corrected chi connectivity index (χ3v) is 12.7. The molecule has 430 valence electrons. The number of amides is 10. The lowest BCUT2D eigenvalue weighted by molar-refractivity contribution is -0.142. The molecule has 4 rings (SSSR count). The molecule has 0 spiro atoms. The molecule has 3 aromatic rings. The molecule has 10 amide bonds. The molecule has 28 nitrogen and oxygen atoms in total. The number of hydrogen-bond donors (Lipinski definition) is 18. The number of carbonyl (C=O) groups excluding carboxylic acids is 9. The highest BCUT2D eigenvalue weighted by Crippen LogP contribution is 2.20. The Hall–Kier alpha value is -8.98. The molecule has 0 aliphatic carbocycles. The van der Waals surface area contributed by atoms with Crippen LogP contribution in [0.5, 0.6) is 0 Å². The Balaban J connectivity index is 1.78. The molecule has 1 saturated heterocycles. The molecule has 0 saturated carbocycles. The second-order valence-electron chi connectivity index (χ2n) is 19.0. The predicted octanol–water partition coefficient (Wildman–Crippen LogP) is -2.49. The van der Waals surface area contributed by atoms with Crippen LogP contribution in [0.1, 0.15) is 88.7 Å². The van der Waals surface area contributed by atoms with Gasteiger partial charge in [0.2, 0.25) is 47.3 Å². The van der Waals surface area contributed by atoms with Crippen LogP contribution in [0.2, 0.25) is 0 Å². The van der Waals surface area contributed by atoms with Gasteiger partial charge in [0.1, 0.15) is 42.3 Å². The zero-order valence-corrected chi connectivity index (χ0v) is 44.1. The fourth-order valence-electron chi connectivity index (χ4n) is 8.64. The van der Waals surface area contributed by atoms with Crippen LogP contribution in [0.15, 0.2) is 60.8 Å². The number of aromatic amines is 1. The van der Waals surface area contributed by atoms with Crippen LogP contribution in [0.4, 0.5) is 4.79 Å². The first-order valence-corrected chi connectivity index (χ1v) is 26.1. The van der Waals surface area contributed by atoms with Crippen molar-refractivity contribution in [3.63, 3.8) is 0 Å². The third-order valence-electron chi connectivity index (χ3n) is 12.7. The van der Waals surface area contributed by atoms with Crippen molar-refractivity contribution in [1.29, 1.82) is 10.8 Å². The maximum atomic E-state index is 14.7. The standard InChI is InChI=1S/C51H75N17O11/c1-29(69)62-34(17-9-23-58-49(52)53)42(71)65-37-20-21-41(70)57-22-8-7-16-38(48(77)78)66-47(76)40(27-31-28-61-33-15-6-5-14-32(31)33)68-44(73)36(18-10-24-59-50(54)55)64-46(75)39(26-30-12-3-2-4-13-30)67-43(72)35(63-45(37)74)19-11-25-60-51(56)79/h2-6,12-15,28,34-40,61H,7-11,16-27H2,1H3,(H,57,70)(H,62,69)(H,63,74)(H,64,75)(H,65,71)(H,66,76)(H,67,72)(H,68,73)(H,77,78)(H4,52,53,58)(H4,54,55,59)(H3,56,60,79)/t34-,35-,36-,37-,38-,39+,40-/m0/s1. The van der Waals surface area contributed by atoms with Crippen molar-refractivity contribution in [2.75, 3.05) is 26.2 Å². The van der Waals surface area contributed by atoms with Crippen LogP contribution < -0.4 is 75.7 Å². The number of nitrogens with one attached hydrogen (secondary N) is 14. The van der Waals surface area contributed by atoms with E-state index in [1.54, 1.807) is 48.7 Å². The van der Waals surface area contributed by atoms with Gasteiger partial charge in [-0.1, -0.05) is 48.5 Å². The number of rotatable bonds is 20. The molecule has 0 bridgehead atoms. The quantitative estimate of drug-likeness (QED) is 0.0316. The maximum absolute atomic E-state index is 14.7. The van der Waals surface area contributed by atoms with Gasteiger partial charge in [-0.15, -0.1) is 0 Å². The number of nitrogens with two attached hydrogens (primary N) is 3. The van der Waals surface area contributed by atoms with Crippen molar-refractivity contribution in [1.82, 2.24) is 63.5 Å². The van der Waals surface area contributed by atoms with E-state index in [1.807, 2.05) is 12.1 Å². The number of guanidine groups is 2. The average molecular weight is 1100 g/mol. The molecule has 0 radical (unpaired) electrons. The number of benzene rings is 2. The number of H-pyrrole nitrogens is 1. The Bertz CT molecular complexity index is 2620. The molecule has 1 aromatic heterocycles. The number of fused-ring (bicyclic) bond motifs is 1. The van der Waals surface area contributed by atoms with Crippen LogP contribution in [0, 0.1) is 10.8 Å². The Morgan fingerprint density at radius 2 is 1.23 bits per heavy atom. The van der Waals surface area contributed by atoms with Crippen molar-refractivity contribution in [3.8, 4) is 0 Å². The fraction of sp³-hybridized carbons (Fsp3) is 0.490. The van der Waals surface area contributed by atoms with Gasteiger partial charge < -0.3 is 85.8 Å². The van der Waals surface area contributed by atoms with E-state index in [0.29, 0.717) is 11.1 Å². The van der Waals surface area contributed by atoms with Crippen LogP contribution >= 0.6 is 0 Å². The maximum Gasteiger partial charge on any atom is 0.326 e.